The normalized spacial score (nSPS) is 10.5. The minimum absolute atomic E-state index is 0.299. The molecule has 0 aliphatic rings. The fraction of sp³-hybridized carbons (Fsp3) is 0.115. The first-order valence-corrected chi connectivity index (χ1v) is 11.3. The third-order valence-corrected chi connectivity index (χ3v) is 5.67. The van der Waals surface area contributed by atoms with Crippen LogP contribution < -0.4 is 15.4 Å². The second kappa shape index (κ2) is 10.1. The van der Waals surface area contributed by atoms with Gasteiger partial charge in [0, 0.05) is 16.6 Å². The van der Waals surface area contributed by atoms with E-state index < -0.39 is 0 Å². The molecule has 1 heterocycles. The maximum atomic E-state index is 12.9. The second-order valence-electron chi connectivity index (χ2n) is 7.50. The molecule has 7 heteroatoms. The average molecular weight is 458 g/mol. The van der Waals surface area contributed by atoms with E-state index in [1.165, 1.54) is 0 Å². The zero-order chi connectivity index (χ0) is 23.2. The molecule has 0 fully saturated rings. The lowest BCUT2D eigenvalue weighted by atomic mass is 10.1. The number of nitrogens with zero attached hydrogens (tertiary/aromatic N) is 1. The minimum atomic E-state index is -0.333. The fourth-order valence-corrected chi connectivity index (χ4v) is 3.86. The van der Waals surface area contributed by atoms with E-state index in [0.717, 1.165) is 16.3 Å². The number of hydrogen-bond acceptors (Lipinski definition) is 5. The number of aryl methyl sites for hydroxylation is 2. The van der Waals surface area contributed by atoms with Gasteiger partial charge in [-0.1, -0.05) is 30.3 Å². The molecule has 4 aromatic rings. The van der Waals surface area contributed by atoms with E-state index in [1.807, 2.05) is 43.5 Å². The van der Waals surface area contributed by atoms with Gasteiger partial charge in [-0.3, -0.25) is 9.59 Å². The molecule has 6 nitrogen and oxygen atoms in total. The summed E-state index contributed by atoms with van der Waals surface area (Å²) in [4.78, 5) is 30.1. The van der Waals surface area contributed by atoms with Gasteiger partial charge in [-0.05, 0) is 61.9 Å². The average Bonchev–Trinajstić information content (AvgIpc) is 3.23. The molecule has 0 aliphatic heterocycles. The molecule has 0 spiro atoms. The quantitative estimate of drug-likeness (QED) is 0.365. The zero-order valence-corrected chi connectivity index (χ0v) is 19.1. The molecule has 0 radical (unpaired) electrons. The smallest absolute Gasteiger partial charge is 0.257 e. The third-order valence-electron chi connectivity index (χ3n) is 4.85. The zero-order valence-electron chi connectivity index (χ0n) is 18.3. The first-order chi connectivity index (χ1) is 16.0. The maximum Gasteiger partial charge on any atom is 0.257 e. The summed E-state index contributed by atoms with van der Waals surface area (Å²) >= 11 is 1.57. The Hall–Kier alpha value is -3.97. The van der Waals surface area contributed by atoms with Gasteiger partial charge in [-0.2, -0.15) is 0 Å². The molecule has 33 heavy (non-hydrogen) atoms. The molecule has 2 amide bonds. The summed E-state index contributed by atoms with van der Waals surface area (Å²) < 4.78 is 5.78. The summed E-state index contributed by atoms with van der Waals surface area (Å²) in [5.41, 5.74) is 3.81. The van der Waals surface area contributed by atoms with Crippen molar-refractivity contribution < 1.29 is 14.3 Å². The van der Waals surface area contributed by atoms with Crippen molar-refractivity contribution in [1.82, 2.24) is 4.98 Å². The number of carbonyl (C=O) groups is 2. The summed E-state index contributed by atoms with van der Waals surface area (Å²) in [6.07, 6.45) is 0. The van der Waals surface area contributed by atoms with Gasteiger partial charge in [-0.15, -0.1) is 11.3 Å². The predicted octanol–water partition coefficient (Wildman–Crippen LogP) is 5.84. The van der Waals surface area contributed by atoms with Crippen molar-refractivity contribution in [2.24, 2.45) is 0 Å². The highest BCUT2D eigenvalue weighted by Gasteiger charge is 2.15. The molecule has 2 N–H and O–H groups in total. The lowest BCUT2D eigenvalue weighted by molar-refractivity contribution is 0.102. The predicted molar refractivity (Wildman–Crippen MR) is 131 cm³/mol. The second-order valence-corrected chi connectivity index (χ2v) is 8.56. The van der Waals surface area contributed by atoms with Gasteiger partial charge in [0.15, 0.2) is 0 Å². The number of carbonyl (C=O) groups excluding carboxylic acids is 2. The molecule has 0 aliphatic carbocycles. The van der Waals surface area contributed by atoms with Crippen molar-refractivity contribution in [1.29, 1.82) is 0 Å². The number of rotatable bonds is 7. The van der Waals surface area contributed by atoms with Crippen LogP contribution in [0.5, 0.6) is 5.75 Å². The lowest BCUT2D eigenvalue weighted by Crippen LogP contribution is -2.18. The Bertz CT molecular complexity index is 1300. The Kier molecular flexibility index (Phi) is 6.80. The number of thiazole rings is 1. The topological polar surface area (TPSA) is 80.3 Å². The molecule has 3 aromatic carbocycles. The van der Waals surface area contributed by atoms with Crippen molar-refractivity contribution in [3.05, 3.63) is 106 Å². The number of amides is 2. The van der Waals surface area contributed by atoms with E-state index >= 15 is 0 Å². The molecule has 1 aromatic heterocycles. The van der Waals surface area contributed by atoms with Crippen molar-refractivity contribution in [3.63, 3.8) is 0 Å². The van der Waals surface area contributed by atoms with Crippen molar-refractivity contribution in [2.75, 3.05) is 10.6 Å². The Morgan fingerprint density at radius 1 is 0.909 bits per heavy atom. The SMILES string of the molecule is Cc1cccc(NC(=O)c2ccccc2NC(=O)c2cccc(OCc3csc(C)n3)c2)c1. The molecule has 4 rings (SSSR count). The fourth-order valence-electron chi connectivity index (χ4n) is 3.26. The van der Waals surface area contributed by atoms with Gasteiger partial charge in [0.1, 0.15) is 12.4 Å². The van der Waals surface area contributed by atoms with E-state index in [4.69, 9.17) is 4.74 Å². The molecule has 0 saturated carbocycles. The standard InChI is InChI=1S/C26H23N3O3S/c1-17-7-5-9-20(13-17)28-26(31)23-11-3-4-12-24(23)29-25(30)19-8-6-10-22(14-19)32-15-21-16-33-18(2)27-21/h3-14,16H,15H2,1-2H3,(H,28,31)(H,29,30). The number of anilines is 2. The molecule has 0 unspecified atom stereocenters. The Labute approximate surface area is 196 Å². The largest absolute Gasteiger partial charge is 0.487 e. The summed E-state index contributed by atoms with van der Waals surface area (Å²) in [6.45, 7) is 4.23. The van der Waals surface area contributed by atoms with Crippen molar-refractivity contribution >= 4 is 34.5 Å². The lowest BCUT2D eigenvalue weighted by Gasteiger charge is -2.12. The van der Waals surface area contributed by atoms with Crippen LogP contribution in [0.25, 0.3) is 0 Å². The first-order valence-electron chi connectivity index (χ1n) is 10.4. The Morgan fingerprint density at radius 2 is 1.73 bits per heavy atom. The molecular formula is C26H23N3O3S. The molecule has 0 bridgehead atoms. The van der Waals surface area contributed by atoms with Crippen LogP contribution in [-0.2, 0) is 6.61 Å². The first kappa shape index (κ1) is 22.2. The highest BCUT2D eigenvalue weighted by Crippen LogP contribution is 2.21. The highest BCUT2D eigenvalue weighted by molar-refractivity contribution is 7.09. The van der Waals surface area contributed by atoms with Crippen molar-refractivity contribution in [2.45, 2.75) is 20.5 Å². The Balaban J connectivity index is 1.46. The van der Waals surface area contributed by atoms with E-state index in [2.05, 4.69) is 15.6 Å². The van der Waals surface area contributed by atoms with Crippen LogP contribution in [0.15, 0.2) is 78.2 Å². The van der Waals surface area contributed by atoms with Gasteiger partial charge in [-0.25, -0.2) is 4.98 Å². The van der Waals surface area contributed by atoms with E-state index in [9.17, 15) is 9.59 Å². The number of para-hydroxylation sites is 1. The van der Waals surface area contributed by atoms with E-state index in [-0.39, 0.29) is 11.8 Å². The summed E-state index contributed by atoms with van der Waals surface area (Å²) in [5, 5.41) is 8.65. The summed E-state index contributed by atoms with van der Waals surface area (Å²) in [6, 6.07) is 21.4. The van der Waals surface area contributed by atoms with Crippen molar-refractivity contribution in [3.8, 4) is 5.75 Å². The van der Waals surface area contributed by atoms with Crippen LogP contribution in [0.4, 0.5) is 11.4 Å². The number of hydrogen-bond donors (Lipinski definition) is 2. The van der Waals surface area contributed by atoms with Crippen LogP contribution in [0.1, 0.15) is 37.0 Å². The molecule has 0 atom stereocenters. The van der Waals surface area contributed by atoms with Crippen LogP contribution >= 0.6 is 11.3 Å². The number of nitrogens with one attached hydrogen (secondary N) is 2. The van der Waals surface area contributed by atoms with E-state index in [0.29, 0.717) is 34.9 Å². The van der Waals surface area contributed by atoms with Gasteiger partial charge in [0.05, 0.1) is 22.0 Å². The third kappa shape index (κ3) is 5.84. The Morgan fingerprint density at radius 3 is 2.52 bits per heavy atom. The van der Waals surface area contributed by atoms with E-state index in [1.54, 1.807) is 59.9 Å². The van der Waals surface area contributed by atoms with Crippen LogP contribution in [-0.4, -0.2) is 16.8 Å². The van der Waals surface area contributed by atoms with Crippen LogP contribution in [0, 0.1) is 13.8 Å². The highest BCUT2D eigenvalue weighted by atomic mass is 32.1. The number of ether oxygens (including phenoxy) is 1. The molecule has 0 saturated heterocycles. The molecular weight excluding hydrogens is 434 g/mol. The van der Waals surface area contributed by atoms with Gasteiger partial charge < -0.3 is 15.4 Å². The van der Waals surface area contributed by atoms with Crippen LogP contribution in [0.2, 0.25) is 0 Å². The van der Waals surface area contributed by atoms with Gasteiger partial charge >= 0.3 is 0 Å². The number of benzene rings is 3. The maximum absolute atomic E-state index is 12.9. The van der Waals surface area contributed by atoms with Gasteiger partial charge in [0.2, 0.25) is 0 Å². The monoisotopic (exact) mass is 457 g/mol. The minimum Gasteiger partial charge on any atom is -0.487 e. The molecule has 166 valence electrons. The summed E-state index contributed by atoms with van der Waals surface area (Å²) in [7, 11) is 0. The van der Waals surface area contributed by atoms with Crippen LogP contribution in [0.3, 0.4) is 0 Å². The summed E-state index contributed by atoms with van der Waals surface area (Å²) in [5.74, 6) is -0.0633. The number of aromatic nitrogens is 1. The van der Waals surface area contributed by atoms with Gasteiger partial charge in [0.25, 0.3) is 11.8 Å².